The topological polar surface area (TPSA) is 152 Å². The predicted molar refractivity (Wildman–Crippen MR) is 131 cm³/mol. The van der Waals surface area contributed by atoms with E-state index in [1.54, 1.807) is 19.1 Å². The maximum atomic E-state index is 11.7. The Balaban J connectivity index is 0.000000568. The van der Waals surface area contributed by atoms with Gasteiger partial charge in [-0.2, -0.15) is 0 Å². The van der Waals surface area contributed by atoms with Gasteiger partial charge in [-0.3, -0.25) is 9.36 Å². The number of carbonyl (C=O) groups excluding carboxylic acids is 2. The zero-order valence-electron chi connectivity index (χ0n) is 18.0. The molecule has 0 spiro atoms. The summed E-state index contributed by atoms with van der Waals surface area (Å²) in [6.07, 6.45) is 0. The molecule has 0 amide bonds. The van der Waals surface area contributed by atoms with Crippen LogP contribution in [0.2, 0.25) is 0 Å². The number of thiophene rings is 2. The Kier molecular flexibility index (Phi) is 13.9. The third kappa shape index (κ3) is 7.73. The first-order chi connectivity index (χ1) is 14.7. The summed E-state index contributed by atoms with van der Waals surface area (Å²) in [5.41, 5.74) is 0.525. The number of rotatable bonds is 3. The molecule has 0 atom stereocenters. The minimum atomic E-state index is -0.922. The van der Waals surface area contributed by atoms with Crippen molar-refractivity contribution in [2.45, 2.75) is 13.8 Å². The average Bonchev–Trinajstić information content (AvgIpc) is 3.42. The van der Waals surface area contributed by atoms with Gasteiger partial charge in [-0.05, 0) is 63.0 Å². The smallest absolute Gasteiger partial charge is 0.870 e. The number of ether oxygens (including phenoxy) is 1. The summed E-state index contributed by atoms with van der Waals surface area (Å²) in [6, 6.07) is 7.07. The maximum Gasteiger partial charge on any atom is 1.00 e. The second-order valence-corrected chi connectivity index (χ2v) is 10.6. The number of H-pyrrole nitrogens is 1. The molecule has 0 radical (unpaired) electrons. The van der Waals surface area contributed by atoms with Crippen molar-refractivity contribution in [3.8, 4) is 0 Å². The van der Waals surface area contributed by atoms with Crippen molar-refractivity contribution in [1.29, 1.82) is 0 Å². The Morgan fingerprint density at radius 2 is 1.64 bits per heavy atom. The molecular formula is C19H19Br2N2NaO7S2. The SMILES string of the molecule is CCOC(=O)c1cc2cc(Br)sc2n1C(C)=O.CO.O=C(O)c1cc2cc(Br)sc2[nH]1.[Na+].[OH-]. The van der Waals surface area contributed by atoms with Gasteiger partial charge >= 0.3 is 41.5 Å². The van der Waals surface area contributed by atoms with Crippen LogP contribution in [0.5, 0.6) is 0 Å². The molecule has 14 heteroatoms. The number of aromatic amines is 1. The number of hydrogen-bond donors (Lipinski definition) is 3. The molecule has 4 N–H and O–H groups in total. The Morgan fingerprint density at radius 1 is 1.06 bits per heavy atom. The van der Waals surface area contributed by atoms with E-state index in [1.807, 2.05) is 12.1 Å². The van der Waals surface area contributed by atoms with Gasteiger partial charge in [0.1, 0.15) is 21.0 Å². The van der Waals surface area contributed by atoms with Crippen molar-refractivity contribution in [3.05, 3.63) is 43.2 Å². The van der Waals surface area contributed by atoms with Crippen LogP contribution in [-0.4, -0.2) is 56.8 Å². The third-order valence-corrected chi connectivity index (χ3v) is 6.96. The Bertz CT molecular complexity index is 1210. The largest absolute Gasteiger partial charge is 1.00 e. The summed E-state index contributed by atoms with van der Waals surface area (Å²) >= 11 is 9.58. The molecule has 0 fully saturated rings. The van der Waals surface area contributed by atoms with Crippen LogP contribution in [0.4, 0.5) is 0 Å². The van der Waals surface area contributed by atoms with Crippen LogP contribution in [0.15, 0.2) is 31.8 Å². The van der Waals surface area contributed by atoms with E-state index >= 15 is 0 Å². The maximum absolute atomic E-state index is 11.7. The van der Waals surface area contributed by atoms with Crippen LogP contribution < -0.4 is 29.6 Å². The van der Waals surface area contributed by atoms with Crippen molar-refractivity contribution in [3.63, 3.8) is 0 Å². The monoisotopic (exact) mass is 632 g/mol. The fraction of sp³-hybridized carbons (Fsp3) is 0.211. The molecule has 0 saturated heterocycles. The molecule has 0 aliphatic heterocycles. The average molecular weight is 634 g/mol. The van der Waals surface area contributed by atoms with Crippen LogP contribution in [0.1, 0.15) is 39.6 Å². The number of aromatic carboxylic acids is 1. The first kappa shape index (κ1) is 32.0. The molecule has 174 valence electrons. The number of nitrogens with zero attached hydrogens (tertiary/aromatic N) is 1. The van der Waals surface area contributed by atoms with Gasteiger partial charge in [-0.15, -0.1) is 22.7 Å². The number of aliphatic hydroxyl groups is 1. The Morgan fingerprint density at radius 3 is 2.15 bits per heavy atom. The molecule has 0 aliphatic carbocycles. The van der Waals surface area contributed by atoms with Crippen LogP contribution in [-0.2, 0) is 4.74 Å². The molecule has 9 nitrogen and oxygen atoms in total. The van der Waals surface area contributed by atoms with Gasteiger partial charge < -0.3 is 25.4 Å². The van der Waals surface area contributed by atoms with Gasteiger partial charge in [-0.25, -0.2) is 9.59 Å². The number of halogens is 2. The fourth-order valence-corrected chi connectivity index (χ4v) is 5.78. The van der Waals surface area contributed by atoms with E-state index in [9.17, 15) is 14.4 Å². The van der Waals surface area contributed by atoms with Crippen molar-refractivity contribution in [2.24, 2.45) is 0 Å². The third-order valence-electron chi connectivity index (χ3n) is 3.75. The summed E-state index contributed by atoms with van der Waals surface area (Å²) in [5, 5.41) is 17.4. The summed E-state index contributed by atoms with van der Waals surface area (Å²) in [5.74, 6) is -1.59. The van der Waals surface area contributed by atoms with E-state index in [0.717, 1.165) is 35.1 Å². The zero-order chi connectivity index (χ0) is 23.3. The molecule has 0 bridgehead atoms. The van der Waals surface area contributed by atoms with E-state index in [1.165, 1.54) is 34.2 Å². The Labute approximate surface area is 235 Å². The zero-order valence-corrected chi connectivity index (χ0v) is 24.8. The molecule has 4 rings (SSSR count). The minimum absolute atomic E-state index is 0. The van der Waals surface area contributed by atoms with Crippen LogP contribution in [0.25, 0.3) is 20.4 Å². The van der Waals surface area contributed by atoms with E-state index < -0.39 is 11.9 Å². The number of aromatic nitrogens is 2. The van der Waals surface area contributed by atoms with E-state index in [4.69, 9.17) is 14.9 Å². The second kappa shape index (κ2) is 14.4. The number of nitrogens with one attached hydrogen (secondary N) is 1. The van der Waals surface area contributed by atoms with Gasteiger partial charge in [-0.1, -0.05) is 0 Å². The summed E-state index contributed by atoms with van der Waals surface area (Å²) in [4.78, 5) is 38.3. The van der Waals surface area contributed by atoms with Crippen molar-refractivity contribution >= 4 is 92.8 Å². The number of esters is 1. The van der Waals surface area contributed by atoms with Gasteiger partial charge in [0.05, 0.1) is 14.2 Å². The summed E-state index contributed by atoms with van der Waals surface area (Å²) < 4.78 is 8.25. The van der Waals surface area contributed by atoms with Crippen molar-refractivity contribution in [2.75, 3.05) is 13.7 Å². The van der Waals surface area contributed by atoms with Gasteiger partial charge in [0.2, 0.25) is 5.91 Å². The molecule has 4 heterocycles. The van der Waals surface area contributed by atoms with Crippen molar-refractivity contribution < 1.29 is 64.4 Å². The van der Waals surface area contributed by atoms with Gasteiger partial charge in [0.25, 0.3) is 0 Å². The molecular weight excluding hydrogens is 615 g/mol. The number of carboxylic acids is 1. The number of aliphatic hydroxyl groups excluding tert-OH is 1. The van der Waals surface area contributed by atoms with Crippen LogP contribution in [0, 0.1) is 0 Å². The minimum Gasteiger partial charge on any atom is -0.870 e. The van der Waals surface area contributed by atoms with E-state index in [-0.39, 0.29) is 52.3 Å². The first-order valence-electron chi connectivity index (χ1n) is 8.66. The standard InChI is InChI=1S/C11H10BrNO3S.C7H4BrNO2S.CH4O.Na.H2O/c1-3-16-11(15)8-4-7-5-9(12)17-10(7)13(8)6(2)14;8-5-2-3-1-4(7(10)11)9-6(3)12-5;1-2;;/h4-5H,3H2,1-2H3;1-2,9H,(H,10,11);2H,1H3;;1H2/q;;;+1;/p-1. The molecule has 0 saturated carbocycles. The van der Waals surface area contributed by atoms with Crippen LogP contribution in [0.3, 0.4) is 0 Å². The van der Waals surface area contributed by atoms with E-state index in [2.05, 4.69) is 36.8 Å². The van der Waals surface area contributed by atoms with E-state index in [0.29, 0.717) is 6.61 Å². The number of fused-ring (bicyclic) bond motifs is 2. The van der Waals surface area contributed by atoms with Gasteiger partial charge in [0.15, 0.2) is 0 Å². The summed E-state index contributed by atoms with van der Waals surface area (Å²) in [6.45, 7) is 3.45. The predicted octanol–water partition coefficient (Wildman–Crippen LogP) is 2.43. The Hall–Kier alpha value is -1.03. The fourth-order valence-electron chi connectivity index (χ4n) is 2.64. The molecule has 4 aromatic rings. The molecule has 0 aromatic carbocycles. The molecule has 4 aromatic heterocycles. The van der Waals surface area contributed by atoms with Crippen LogP contribution >= 0.6 is 54.5 Å². The molecule has 33 heavy (non-hydrogen) atoms. The molecule has 0 aliphatic rings. The molecule has 0 unspecified atom stereocenters. The van der Waals surface area contributed by atoms with Crippen molar-refractivity contribution in [1.82, 2.24) is 9.55 Å². The van der Waals surface area contributed by atoms with Gasteiger partial charge in [0, 0.05) is 24.8 Å². The number of carbonyl (C=O) groups is 3. The summed E-state index contributed by atoms with van der Waals surface area (Å²) in [7, 11) is 1.00. The number of carboxylic acid groups (broad SMARTS) is 1. The second-order valence-electron chi connectivity index (χ2n) is 5.74. The first-order valence-corrected chi connectivity index (χ1v) is 11.9. The number of hydrogen-bond acceptors (Lipinski definition) is 8. The quantitative estimate of drug-likeness (QED) is 0.231. The normalized spacial score (nSPS) is 9.64.